The lowest BCUT2D eigenvalue weighted by Crippen LogP contribution is -2.58. The highest BCUT2D eigenvalue weighted by atomic mass is 15.3. The molecule has 0 radical (unpaired) electrons. The molecule has 168 valence electrons. The van der Waals surface area contributed by atoms with E-state index in [2.05, 4.69) is 52.9 Å². The van der Waals surface area contributed by atoms with Crippen molar-refractivity contribution in [2.75, 3.05) is 73.0 Å². The van der Waals surface area contributed by atoms with Crippen molar-refractivity contribution in [2.45, 2.75) is 70.4 Å². The minimum atomic E-state index is 0.261. The van der Waals surface area contributed by atoms with Crippen LogP contribution in [0.3, 0.4) is 0 Å². The Morgan fingerprint density at radius 3 is 2.41 bits per heavy atom. The van der Waals surface area contributed by atoms with Crippen LogP contribution in [-0.4, -0.2) is 110 Å². The molecule has 0 saturated carbocycles. The molecule has 1 N–H and O–H groups in total. The third-order valence-electron chi connectivity index (χ3n) is 7.55. The topological polar surface area (TPSA) is 37.4 Å². The second-order valence-corrected chi connectivity index (χ2v) is 9.55. The number of piperidine rings is 2. The van der Waals surface area contributed by atoms with Gasteiger partial charge in [0.2, 0.25) is 0 Å². The van der Waals surface area contributed by atoms with E-state index in [1.807, 2.05) is 0 Å². The highest BCUT2D eigenvalue weighted by molar-refractivity contribution is 5.79. The zero-order valence-corrected chi connectivity index (χ0v) is 19.6. The Balaban J connectivity index is 1.69. The van der Waals surface area contributed by atoms with Crippen LogP contribution < -0.4 is 5.32 Å². The molecule has 0 spiro atoms. The SMILES string of the molecule is CCNC(=NCC1(N2CCCCC2)CCN(C)CC1)N(C)CC1CCCN1CC. The van der Waals surface area contributed by atoms with Gasteiger partial charge in [0.25, 0.3) is 0 Å². The van der Waals surface area contributed by atoms with Crippen LogP contribution in [0.25, 0.3) is 0 Å². The third-order valence-corrected chi connectivity index (χ3v) is 7.55. The molecule has 29 heavy (non-hydrogen) atoms. The largest absolute Gasteiger partial charge is 0.357 e. The van der Waals surface area contributed by atoms with Gasteiger partial charge < -0.3 is 15.1 Å². The maximum atomic E-state index is 5.26. The van der Waals surface area contributed by atoms with Crippen molar-refractivity contribution in [3.8, 4) is 0 Å². The molecule has 3 rings (SSSR count). The Morgan fingerprint density at radius 2 is 1.76 bits per heavy atom. The quantitative estimate of drug-likeness (QED) is 0.519. The number of rotatable bonds is 7. The second kappa shape index (κ2) is 11.0. The van der Waals surface area contributed by atoms with Crippen LogP contribution >= 0.6 is 0 Å². The molecule has 0 aromatic heterocycles. The number of guanidine groups is 1. The molecule has 6 heteroatoms. The first-order valence-corrected chi connectivity index (χ1v) is 12.2. The molecule has 3 saturated heterocycles. The van der Waals surface area contributed by atoms with E-state index < -0.39 is 0 Å². The minimum Gasteiger partial charge on any atom is -0.357 e. The molecule has 3 heterocycles. The molecule has 0 aromatic rings. The zero-order valence-electron chi connectivity index (χ0n) is 19.6. The van der Waals surface area contributed by atoms with Crippen molar-refractivity contribution < 1.29 is 0 Å². The van der Waals surface area contributed by atoms with E-state index >= 15 is 0 Å². The summed E-state index contributed by atoms with van der Waals surface area (Å²) in [6.45, 7) is 14.8. The Bertz CT molecular complexity index is 507. The molecular formula is C23H46N6. The fraction of sp³-hybridized carbons (Fsp3) is 0.957. The van der Waals surface area contributed by atoms with E-state index in [1.165, 1.54) is 77.7 Å². The van der Waals surface area contributed by atoms with E-state index in [0.717, 1.165) is 32.1 Å². The van der Waals surface area contributed by atoms with E-state index in [4.69, 9.17) is 4.99 Å². The highest BCUT2D eigenvalue weighted by Crippen LogP contribution is 2.32. The fourth-order valence-electron chi connectivity index (χ4n) is 5.59. The van der Waals surface area contributed by atoms with Crippen LogP contribution in [0.2, 0.25) is 0 Å². The van der Waals surface area contributed by atoms with Gasteiger partial charge in [-0.15, -0.1) is 0 Å². The van der Waals surface area contributed by atoms with Crippen molar-refractivity contribution in [2.24, 2.45) is 4.99 Å². The number of hydrogen-bond acceptors (Lipinski definition) is 4. The van der Waals surface area contributed by atoms with E-state index in [0.29, 0.717) is 6.04 Å². The van der Waals surface area contributed by atoms with Crippen molar-refractivity contribution in [3.05, 3.63) is 0 Å². The maximum Gasteiger partial charge on any atom is 0.193 e. The number of nitrogens with one attached hydrogen (secondary N) is 1. The third kappa shape index (κ3) is 5.86. The maximum absolute atomic E-state index is 5.26. The van der Waals surface area contributed by atoms with Gasteiger partial charge in [-0.1, -0.05) is 13.3 Å². The lowest BCUT2D eigenvalue weighted by atomic mass is 9.84. The summed E-state index contributed by atoms with van der Waals surface area (Å²) < 4.78 is 0. The smallest absolute Gasteiger partial charge is 0.193 e. The molecule has 3 fully saturated rings. The zero-order chi connectivity index (χ0) is 20.7. The van der Waals surface area contributed by atoms with E-state index in [-0.39, 0.29) is 5.54 Å². The van der Waals surface area contributed by atoms with Crippen molar-refractivity contribution >= 4 is 5.96 Å². The predicted molar refractivity (Wildman–Crippen MR) is 124 cm³/mol. The summed E-state index contributed by atoms with van der Waals surface area (Å²) in [5, 5.41) is 3.59. The average Bonchev–Trinajstić information content (AvgIpc) is 3.20. The minimum absolute atomic E-state index is 0.261. The molecule has 3 aliphatic heterocycles. The molecule has 1 atom stereocenters. The van der Waals surface area contributed by atoms with Crippen LogP contribution in [0.4, 0.5) is 0 Å². The summed E-state index contributed by atoms with van der Waals surface area (Å²) in [6, 6.07) is 0.674. The monoisotopic (exact) mass is 406 g/mol. The van der Waals surface area contributed by atoms with Crippen LogP contribution in [0.1, 0.15) is 58.8 Å². The number of likely N-dealkylation sites (N-methyl/N-ethyl adjacent to an activating group) is 2. The highest BCUT2D eigenvalue weighted by Gasteiger charge is 2.39. The summed E-state index contributed by atoms with van der Waals surface area (Å²) in [4.78, 5) is 15.6. The molecule has 0 bridgehead atoms. The van der Waals surface area contributed by atoms with Crippen LogP contribution in [0.5, 0.6) is 0 Å². The van der Waals surface area contributed by atoms with Crippen LogP contribution in [0.15, 0.2) is 4.99 Å². The van der Waals surface area contributed by atoms with Gasteiger partial charge in [-0.05, 0) is 91.8 Å². The van der Waals surface area contributed by atoms with Gasteiger partial charge in [0, 0.05) is 31.7 Å². The van der Waals surface area contributed by atoms with Gasteiger partial charge in [-0.2, -0.15) is 0 Å². The Hall–Kier alpha value is -0.850. The predicted octanol–water partition coefficient (Wildman–Crippen LogP) is 2.32. The van der Waals surface area contributed by atoms with Gasteiger partial charge in [0.05, 0.1) is 6.54 Å². The number of hydrogen-bond donors (Lipinski definition) is 1. The summed E-state index contributed by atoms with van der Waals surface area (Å²) >= 11 is 0. The lowest BCUT2D eigenvalue weighted by Gasteiger charge is -2.49. The number of likely N-dealkylation sites (tertiary alicyclic amines) is 3. The first kappa shape index (κ1) is 22.8. The molecule has 3 aliphatic rings. The van der Waals surface area contributed by atoms with Gasteiger partial charge >= 0.3 is 0 Å². The lowest BCUT2D eigenvalue weighted by molar-refractivity contribution is 0.0206. The van der Waals surface area contributed by atoms with Crippen molar-refractivity contribution in [3.63, 3.8) is 0 Å². The second-order valence-electron chi connectivity index (χ2n) is 9.55. The first-order valence-electron chi connectivity index (χ1n) is 12.2. The van der Waals surface area contributed by atoms with Gasteiger partial charge in [-0.3, -0.25) is 14.8 Å². The van der Waals surface area contributed by atoms with Crippen LogP contribution in [-0.2, 0) is 0 Å². The fourth-order valence-corrected chi connectivity index (χ4v) is 5.59. The van der Waals surface area contributed by atoms with Crippen LogP contribution in [0, 0.1) is 0 Å². The summed E-state index contributed by atoms with van der Waals surface area (Å²) in [6.07, 6.45) is 9.28. The number of aliphatic imine (C=N–C) groups is 1. The van der Waals surface area contributed by atoms with E-state index in [9.17, 15) is 0 Å². The first-order chi connectivity index (χ1) is 14.1. The van der Waals surface area contributed by atoms with Crippen molar-refractivity contribution in [1.82, 2.24) is 24.9 Å². The summed E-state index contributed by atoms with van der Waals surface area (Å²) in [7, 11) is 4.50. The number of nitrogens with zero attached hydrogens (tertiary/aromatic N) is 5. The Morgan fingerprint density at radius 1 is 1.03 bits per heavy atom. The molecule has 0 amide bonds. The standard InChI is InChI=1S/C23H46N6/c1-5-24-22(27(4)19-21-11-10-14-28(21)6-2)25-20-23(12-17-26(3)18-13-23)29-15-8-7-9-16-29/h21H,5-20H2,1-4H3,(H,24,25). The molecular weight excluding hydrogens is 360 g/mol. The van der Waals surface area contributed by atoms with Gasteiger partial charge in [0.1, 0.15) is 0 Å². The molecule has 0 aliphatic carbocycles. The summed E-state index contributed by atoms with van der Waals surface area (Å²) in [5.74, 6) is 1.10. The van der Waals surface area contributed by atoms with Gasteiger partial charge in [-0.25, -0.2) is 0 Å². The van der Waals surface area contributed by atoms with Gasteiger partial charge in [0.15, 0.2) is 5.96 Å². The summed E-state index contributed by atoms with van der Waals surface area (Å²) in [5.41, 5.74) is 0.261. The van der Waals surface area contributed by atoms with Crippen molar-refractivity contribution in [1.29, 1.82) is 0 Å². The normalized spacial score (nSPS) is 27.3. The van der Waals surface area contributed by atoms with E-state index in [1.54, 1.807) is 0 Å². The molecule has 0 aromatic carbocycles. The molecule has 6 nitrogen and oxygen atoms in total. The Kier molecular flexibility index (Phi) is 8.63. The molecule has 1 unspecified atom stereocenters. The Labute approximate surface area is 179 Å². The average molecular weight is 407 g/mol.